The maximum absolute atomic E-state index is 12.3. The number of hydrogen-bond donors (Lipinski definition) is 2. The Hall–Kier alpha value is -3.77. The van der Waals surface area contributed by atoms with E-state index in [9.17, 15) is 13.2 Å². The van der Waals surface area contributed by atoms with Gasteiger partial charge in [0.15, 0.2) is 10.9 Å². The molecule has 0 bridgehead atoms. The van der Waals surface area contributed by atoms with E-state index in [1.807, 2.05) is 41.1 Å². The number of nitrogens with one attached hydrogen (secondary N) is 2. The van der Waals surface area contributed by atoms with E-state index >= 15 is 0 Å². The predicted octanol–water partition coefficient (Wildman–Crippen LogP) is 4.89. The third kappa shape index (κ3) is 6.62. The van der Waals surface area contributed by atoms with Gasteiger partial charge in [-0.25, -0.2) is 9.67 Å². The highest BCUT2D eigenvalue weighted by molar-refractivity contribution is 7.80. The predicted molar refractivity (Wildman–Crippen MR) is 128 cm³/mol. The van der Waals surface area contributed by atoms with Gasteiger partial charge >= 0.3 is 6.36 Å². The SMILES string of the molecule is FC(F)(F)Oc1ccc(-n2cnc(-c3ccc(/C=N/NC(=S)NCc4ccsc4)cc3)n2)cc1. The Kier molecular flexibility index (Phi) is 7.18. The van der Waals surface area contributed by atoms with E-state index < -0.39 is 6.36 Å². The zero-order valence-corrected chi connectivity index (χ0v) is 19.0. The van der Waals surface area contributed by atoms with Crippen molar-refractivity contribution in [2.24, 2.45) is 5.10 Å². The van der Waals surface area contributed by atoms with Gasteiger partial charge in [0, 0.05) is 12.1 Å². The minimum Gasteiger partial charge on any atom is -0.406 e. The van der Waals surface area contributed by atoms with Crippen LogP contribution in [0.15, 0.2) is 76.8 Å². The van der Waals surface area contributed by atoms with Crippen molar-refractivity contribution in [3.63, 3.8) is 0 Å². The third-order valence-electron chi connectivity index (χ3n) is 4.41. The molecule has 4 aromatic rings. The molecule has 0 aliphatic rings. The molecular weight excluding hydrogens is 485 g/mol. The topological polar surface area (TPSA) is 76.4 Å². The molecule has 4 rings (SSSR count). The van der Waals surface area contributed by atoms with Gasteiger partial charge < -0.3 is 10.1 Å². The first kappa shape index (κ1) is 23.4. The van der Waals surface area contributed by atoms with E-state index in [0.717, 1.165) is 16.7 Å². The summed E-state index contributed by atoms with van der Waals surface area (Å²) in [4.78, 5) is 4.27. The second-order valence-corrected chi connectivity index (χ2v) is 8.05. The van der Waals surface area contributed by atoms with Crippen LogP contribution in [0.1, 0.15) is 11.1 Å². The first-order chi connectivity index (χ1) is 16.4. The minimum absolute atomic E-state index is 0.303. The van der Waals surface area contributed by atoms with Gasteiger partial charge in [-0.05, 0) is 64.4 Å². The van der Waals surface area contributed by atoms with Gasteiger partial charge in [0.05, 0.1) is 11.9 Å². The van der Waals surface area contributed by atoms with Gasteiger partial charge in [0.25, 0.3) is 0 Å². The molecule has 7 nitrogen and oxygen atoms in total. The molecular formula is C22H17F3N6OS2. The van der Waals surface area contributed by atoms with Crippen LogP contribution in [0.5, 0.6) is 5.75 Å². The van der Waals surface area contributed by atoms with Gasteiger partial charge in [-0.2, -0.15) is 16.4 Å². The maximum atomic E-state index is 12.3. The van der Waals surface area contributed by atoms with Crippen LogP contribution in [0.3, 0.4) is 0 Å². The maximum Gasteiger partial charge on any atom is 0.573 e. The highest BCUT2D eigenvalue weighted by Gasteiger charge is 2.31. The number of hydrogen-bond acceptors (Lipinski definition) is 6. The van der Waals surface area contributed by atoms with Gasteiger partial charge in [-0.15, -0.1) is 18.3 Å². The lowest BCUT2D eigenvalue weighted by Gasteiger charge is -2.09. The van der Waals surface area contributed by atoms with Crippen molar-refractivity contribution in [3.8, 4) is 22.8 Å². The zero-order valence-electron chi connectivity index (χ0n) is 17.4. The summed E-state index contributed by atoms with van der Waals surface area (Å²) in [5, 5.41) is 16.0. The number of rotatable bonds is 7. The lowest BCUT2D eigenvalue weighted by Crippen LogP contribution is -2.31. The normalized spacial score (nSPS) is 11.5. The van der Waals surface area contributed by atoms with Crippen molar-refractivity contribution in [2.75, 3.05) is 0 Å². The summed E-state index contributed by atoms with van der Waals surface area (Å²) in [6.07, 6.45) is -1.61. The van der Waals surface area contributed by atoms with Crippen LogP contribution < -0.4 is 15.5 Å². The van der Waals surface area contributed by atoms with Crippen LogP contribution in [0.4, 0.5) is 13.2 Å². The van der Waals surface area contributed by atoms with Crippen LogP contribution in [0.2, 0.25) is 0 Å². The minimum atomic E-state index is -4.73. The fourth-order valence-corrected chi connectivity index (χ4v) is 3.61. The Morgan fingerprint density at radius 2 is 1.88 bits per heavy atom. The summed E-state index contributed by atoms with van der Waals surface area (Å²) in [5.41, 5.74) is 6.09. The van der Waals surface area contributed by atoms with Gasteiger partial charge in [-0.3, -0.25) is 5.43 Å². The Bertz CT molecular complexity index is 1250. The Morgan fingerprint density at radius 1 is 1.12 bits per heavy atom. The summed E-state index contributed by atoms with van der Waals surface area (Å²) in [6, 6.07) is 14.8. The largest absolute Gasteiger partial charge is 0.573 e. The molecule has 0 unspecified atom stereocenters. The molecule has 0 fully saturated rings. The monoisotopic (exact) mass is 502 g/mol. The number of nitrogens with zero attached hydrogens (tertiary/aromatic N) is 4. The second-order valence-electron chi connectivity index (χ2n) is 6.86. The summed E-state index contributed by atoms with van der Waals surface area (Å²) in [7, 11) is 0. The molecule has 12 heteroatoms. The van der Waals surface area contributed by atoms with Crippen LogP contribution in [0, 0.1) is 0 Å². The number of aromatic nitrogens is 3. The molecule has 2 heterocycles. The fourth-order valence-electron chi connectivity index (χ4n) is 2.82. The summed E-state index contributed by atoms with van der Waals surface area (Å²) in [6.45, 7) is 0.630. The Morgan fingerprint density at radius 3 is 2.56 bits per heavy atom. The second kappa shape index (κ2) is 10.4. The molecule has 0 radical (unpaired) electrons. The molecule has 0 atom stereocenters. The number of ether oxygens (including phenoxy) is 1. The fraction of sp³-hybridized carbons (Fsp3) is 0.0909. The van der Waals surface area contributed by atoms with E-state index in [1.165, 1.54) is 35.3 Å². The third-order valence-corrected chi connectivity index (χ3v) is 5.38. The lowest BCUT2D eigenvalue weighted by molar-refractivity contribution is -0.274. The quantitative estimate of drug-likeness (QED) is 0.213. The van der Waals surface area contributed by atoms with Crippen LogP contribution in [0.25, 0.3) is 17.1 Å². The molecule has 0 saturated carbocycles. The average Bonchev–Trinajstić information content (AvgIpc) is 3.50. The first-order valence-electron chi connectivity index (χ1n) is 9.82. The van der Waals surface area contributed by atoms with E-state index in [-0.39, 0.29) is 5.75 Å². The molecule has 0 spiro atoms. The molecule has 0 amide bonds. The van der Waals surface area contributed by atoms with Gasteiger partial charge in [0.2, 0.25) is 0 Å². The molecule has 0 aliphatic carbocycles. The summed E-state index contributed by atoms with van der Waals surface area (Å²) < 4.78 is 42.2. The van der Waals surface area contributed by atoms with E-state index in [4.69, 9.17) is 12.2 Å². The number of hydrazone groups is 1. The van der Waals surface area contributed by atoms with Crippen molar-refractivity contribution < 1.29 is 17.9 Å². The van der Waals surface area contributed by atoms with Gasteiger partial charge in [0.1, 0.15) is 12.1 Å². The van der Waals surface area contributed by atoms with Crippen molar-refractivity contribution in [2.45, 2.75) is 12.9 Å². The van der Waals surface area contributed by atoms with E-state index in [0.29, 0.717) is 23.2 Å². The van der Waals surface area contributed by atoms with Crippen LogP contribution in [-0.2, 0) is 6.54 Å². The van der Waals surface area contributed by atoms with E-state index in [2.05, 4.69) is 30.7 Å². The molecule has 0 saturated heterocycles. The molecule has 174 valence electrons. The highest BCUT2D eigenvalue weighted by Crippen LogP contribution is 2.24. The summed E-state index contributed by atoms with van der Waals surface area (Å²) in [5.74, 6) is 0.165. The number of alkyl halides is 3. The highest BCUT2D eigenvalue weighted by atomic mass is 32.1. The number of halogens is 3. The average molecular weight is 503 g/mol. The Balaban J connectivity index is 1.32. The number of benzene rings is 2. The van der Waals surface area contributed by atoms with Crippen molar-refractivity contribution >= 4 is 34.9 Å². The molecule has 2 N–H and O–H groups in total. The van der Waals surface area contributed by atoms with Crippen molar-refractivity contribution in [1.29, 1.82) is 0 Å². The molecule has 0 aliphatic heterocycles. The van der Waals surface area contributed by atoms with E-state index in [1.54, 1.807) is 17.6 Å². The molecule has 2 aromatic heterocycles. The smallest absolute Gasteiger partial charge is 0.406 e. The lowest BCUT2D eigenvalue weighted by atomic mass is 10.1. The molecule has 2 aromatic carbocycles. The standard InChI is InChI=1S/C22H17F3N6OS2/c23-22(24,25)32-19-7-5-18(6-8-19)31-14-27-20(30-31)17-3-1-15(2-4-17)12-28-29-21(33)26-11-16-9-10-34-13-16/h1-10,12-14H,11H2,(H2,26,29,33)/b28-12+. The van der Waals surface area contributed by atoms with Crippen molar-refractivity contribution in [1.82, 2.24) is 25.5 Å². The number of thiocarbonyl (C=S) groups is 1. The number of thiophene rings is 1. The van der Waals surface area contributed by atoms with Crippen molar-refractivity contribution in [3.05, 3.63) is 82.8 Å². The van der Waals surface area contributed by atoms with Gasteiger partial charge in [-0.1, -0.05) is 24.3 Å². The molecule has 34 heavy (non-hydrogen) atoms. The zero-order chi connectivity index (χ0) is 24.0. The Labute approximate surface area is 201 Å². The van der Waals surface area contributed by atoms with Crippen LogP contribution in [-0.4, -0.2) is 32.5 Å². The summed E-state index contributed by atoms with van der Waals surface area (Å²) >= 11 is 6.82. The first-order valence-corrected chi connectivity index (χ1v) is 11.2. The van der Waals surface area contributed by atoms with Crippen LogP contribution >= 0.6 is 23.6 Å².